The molecule has 3 aromatic rings. The molecular formula is C19H19NO5. The lowest BCUT2D eigenvalue weighted by atomic mass is 10.1. The topological polar surface area (TPSA) is 80.8 Å². The summed E-state index contributed by atoms with van der Waals surface area (Å²) < 4.78 is 16.1. The second-order valence-electron chi connectivity index (χ2n) is 5.36. The SMILES string of the molecule is CCOc1ccccc1-c1[nH]c2cc(OC)c(OC)cc2c(=O)c1O. The predicted octanol–water partition coefficient (Wildman–Crippen LogP) is 3.32. The summed E-state index contributed by atoms with van der Waals surface area (Å²) in [6.45, 7) is 2.34. The molecule has 1 heterocycles. The maximum absolute atomic E-state index is 12.7. The Bertz CT molecular complexity index is 977. The number of fused-ring (bicyclic) bond motifs is 1. The number of hydrogen-bond donors (Lipinski definition) is 2. The molecule has 0 saturated heterocycles. The number of ether oxygens (including phenoxy) is 3. The summed E-state index contributed by atoms with van der Waals surface area (Å²) in [5.41, 5.74) is 0.946. The van der Waals surface area contributed by atoms with Gasteiger partial charge >= 0.3 is 0 Å². The third-order valence-corrected chi connectivity index (χ3v) is 3.94. The highest BCUT2D eigenvalue weighted by atomic mass is 16.5. The number of aromatic hydroxyl groups is 1. The van der Waals surface area contributed by atoms with Gasteiger partial charge in [0.05, 0.1) is 37.4 Å². The van der Waals surface area contributed by atoms with E-state index in [1.54, 1.807) is 24.3 Å². The van der Waals surface area contributed by atoms with Gasteiger partial charge in [0.15, 0.2) is 17.2 Å². The lowest BCUT2D eigenvalue weighted by molar-refractivity contribution is 0.341. The summed E-state index contributed by atoms with van der Waals surface area (Å²) in [5, 5.41) is 10.8. The molecule has 6 nitrogen and oxygen atoms in total. The number of hydrogen-bond acceptors (Lipinski definition) is 5. The van der Waals surface area contributed by atoms with Crippen LogP contribution in [0, 0.1) is 0 Å². The van der Waals surface area contributed by atoms with Crippen LogP contribution in [0.25, 0.3) is 22.2 Å². The van der Waals surface area contributed by atoms with E-state index in [-0.39, 0.29) is 5.75 Å². The van der Waals surface area contributed by atoms with Gasteiger partial charge in [0.25, 0.3) is 0 Å². The predicted molar refractivity (Wildman–Crippen MR) is 95.9 cm³/mol. The lowest BCUT2D eigenvalue weighted by Gasteiger charge is -2.14. The Kier molecular flexibility index (Phi) is 4.52. The normalized spacial score (nSPS) is 10.7. The number of pyridine rings is 1. The van der Waals surface area contributed by atoms with Gasteiger partial charge in [0.2, 0.25) is 5.43 Å². The first-order valence-corrected chi connectivity index (χ1v) is 7.83. The molecule has 0 fully saturated rings. The molecule has 0 atom stereocenters. The summed E-state index contributed by atoms with van der Waals surface area (Å²) in [5.74, 6) is 1.12. The van der Waals surface area contributed by atoms with Gasteiger partial charge in [-0.25, -0.2) is 0 Å². The highest BCUT2D eigenvalue weighted by molar-refractivity contribution is 5.88. The molecule has 0 amide bonds. The van der Waals surface area contributed by atoms with Gasteiger partial charge in [-0.3, -0.25) is 4.79 Å². The van der Waals surface area contributed by atoms with E-state index in [1.807, 2.05) is 19.1 Å². The highest BCUT2D eigenvalue weighted by Gasteiger charge is 2.18. The van der Waals surface area contributed by atoms with Crippen LogP contribution >= 0.6 is 0 Å². The van der Waals surface area contributed by atoms with Gasteiger partial charge in [-0.05, 0) is 25.1 Å². The summed E-state index contributed by atoms with van der Waals surface area (Å²) in [7, 11) is 3.01. The van der Waals surface area contributed by atoms with Gasteiger partial charge in [0, 0.05) is 11.6 Å². The maximum atomic E-state index is 12.7. The molecule has 0 spiro atoms. The van der Waals surface area contributed by atoms with Crippen molar-refractivity contribution >= 4 is 10.9 Å². The molecule has 6 heteroatoms. The van der Waals surface area contributed by atoms with E-state index in [4.69, 9.17) is 14.2 Å². The van der Waals surface area contributed by atoms with Crippen LogP contribution in [-0.2, 0) is 0 Å². The molecule has 0 bridgehead atoms. The van der Waals surface area contributed by atoms with E-state index >= 15 is 0 Å². The van der Waals surface area contributed by atoms with E-state index in [1.165, 1.54) is 14.2 Å². The number of benzene rings is 2. The van der Waals surface area contributed by atoms with Crippen LogP contribution in [0.3, 0.4) is 0 Å². The van der Waals surface area contributed by atoms with E-state index in [9.17, 15) is 9.90 Å². The molecule has 2 aromatic carbocycles. The van der Waals surface area contributed by atoms with Crippen molar-refractivity contribution in [2.24, 2.45) is 0 Å². The fraction of sp³-hybridized carbons (Fsp3) is 0.211. The molecule has 0 aliphatic carbocycles. The smallest absolute Gasteiger partial charge is 0.231 e. The average molecular weight is 341 g/mol. The monoisotopic (exact) mass is 341 g/mol. The first-order chi connectivity index (χ1) is 12.1. The molecular weight excluding hydrogens is 322 g/mol. The molecule has 2 N–H and O–H groups in total. The molecule has 0 radical (unpaired) electrons. The zero-order valence-corrected chi connectivity index (χ0v) is 14.3. The van der Waals surface area contributed by atoms with Crippen LogP contribution in [0.5, 0.6) is 23.0 Å². The number of nitrogens with one attached hydrogen (secondary N) is 1. The van der Waals surface area contributed by atoms with Crippen molar-refractivity contribution in [3.05, 3.63) is 46.6 Å². The number of para-hydroxylation sites is 1. The van der Waals surface area contributed by atoms with E-state index in [2.05, 4.69) is 4.98 Å². The van der Waals surface area contributed by atoms with E-state index in [0.717, 1.165) is 0 Å². The zero-order chi connectivity index (χ0) is 18.0. The van der Waals surface area contributed by atoms with Gasteiger partial charge < -0.3 is 24.3 Å². The van der Waals surface area contributed by atoms with Crippen molar-refractivity contribution in [2.75, 3.05) is 20.8 Å². The number of H-pyrrole nitrogens is 1. The van der Waals surface area contributed by atoms with Crippen LogP contribution < -0.4 is 19.6 Å². The van der Waals surface area contributed by atoms with Crippen LogP contribution in [0.15, 0.2) is 41.2 Å². The van der Waals surface area contributed by atoms with Gasteiger partial charge in [-0.2, -0.15) is 0 Å². The van der Waals surface area contributed by atoms with Crippen molar-refractivity contribution in [1.29, 1.82) is 0 Å². The lowest BCUT2D eigenvalue weighted by Crippen LogP contribution is -2.06. The molecule has 0 unspecified atom stereocenters. The fourth-order valence-corrected chi connectivity index (χ4v) is 2.75. The van der Waals surface area contributed by atoms with Crippen molar-refractivity contribution in [3.63, 3.8) is 0 Å². The summed E-state index contributed by atoms with van der Waals surface area (Å²) in [6, 6.07) is 10.4. The number of methoxy groups -OCH3 is 2. The van der Waals surface area contributed by atoms with Crippen LogP contribution in [0.1, 0.15) is 6.92 Å². The Balaban J connectivity index is 2.31. The Hall–Kier alpha value is -3.15. The Morgan fingerprint density at radius 3 is 2.40 bits per heavy atom. The zero-order valence-electron chi connectivity index (χ0n) is 14.3. The standard InChI is InChI=1S/C19H19NO5/c1-4-25-14-8-6-5-7-11(14)17-19(22)18(21)12-9-15(23-2)16(24-3)10-13(12)20-17/h5-10,22H,4H2,1-3H3,(H,20,21). The van der Waals surface area contributed by atoms with Crippen LogP contribution in [-0.4, -0.2) is 30.9 Å². The van der Waals surface area contributed by atoms with Gasteiger partial charge in [0.1, 0.15) is 5.75 Å². The number of aromatic nitrogens is 1. The minimum atomic E-state index is -0.490. The van der Waals surface area contributed by atoms with Gasteiger partial charge in [-0.15, -0.1) is 0 Å². The fourth-order valence-electron chi connectivity index (χ4n) is 2.75. The summed E-state index contributed by atoms with van der Waals surface area (Å²) in [4.78, 5) is 15.8. The van der Waals surface area contributed by atoms with Gasteiger partial charge in [-0.1, -0.05) is 12.1 Å². The molecule has 0 saturated carbocycles. The molecule has 25 heavy (non-hydrogen) atoms. The largest absolute Gasteiger partial charge is 0.503 e. The average Bonchev–Trinajstić information content (AvgIpc) is 2.64. The summed E-state index contributed by atoms with van der Waals surface area (Å²) >= 11 is 0. The molecule has 130 valence electrons. The Morgan fingerprint density at radius 2 is 1.72 bits per heavy atom. The number of aromatic amines is 1. The van der Waals surface area contributed by atoms with E-state index in [0.29, 0.717) is 46.0 Å². The molecule has 0 aliphatic heterocycles. The van der Waals surface area contributed by atoms with Crippen molar-refractivity contribution < 1.29 is 19.3 Å². The third-order valence-electron chi connectivity index (χ3n) is 3.94. The van der Waals surface area contributed by atoms with Crippen molar-refractivity contribution in [2.45, 2.75) is 6.92 Å². The second-order valence-corrected chi connectivity index (χ2v) is 5.36. The first kappa shape index (κ1) is 16.7. The van der Waals surface area contributed by atoms with Crippen molar-refractivity contribution in [3.8, 4) is 34.3 Å². The van der Waals surface area contributed by atoms with Crippen molar-refractivity contribution in [1.82, 2.24) is 4.98 Å². The minimum absolute atomic E-state index is 0.300. The second kappa shape index (κ2) is 6.76. The minimum Gasteiger partial charge on any atom is -0.503 e. The first-order valence-electron chi connectivity index (χ1n) is 7.83. The van der Waals surface area contributed by atoms with E-state index < -0.39 is 5.43 Å². The quantitative estimate of drug-likeness (QED) is 0.744. The Morgan fingerprint density at radius 1 is 1.04 bits per heavy atom. The van der Waals surface area contributed by atoms with Crippen LogP contribution in [0.4, 0.5) is 0 Å². The number of rotatable bonds is 5. The maximum Gasteiger partial charge on any atom is 0.231 e. The molecule has 3 rings (SSSR count). The van der Waals surface area contributed by atoms with Crippen LogP contribution in [0.2, 0.25) is 0 Å². The highest BCUT2D eigenvalue weighted by Crippen LogP contribution is 2.36. The molecule has 0 aliphatic rings. The third kappa shape index (κ3) is 2.87. The molecule has 1 aromatic heterocycles. The Labute approximate surface area is 144 Å². The summed E-state index contributed by atoms with van der Waals surface area (Å²) in [6.07, 6.45) is 0.